The average Bonchev–Trinajstić information content (AvgIpc) is 3.84. The van der Waals surface area contributed by atoms with Crippen molar-refractivity contribution in [2.24, 2.45) is 0 Å². The van der Waals surface area contributed by atoms with Crippen LogP contribution in [0.25, 0.3) is 116 Å². The minimum absolute atomic E-state index is 0.582. The van der Waals surface area contributed by atoms with Gasteiger partial charge in [0.05, 0.1) is 11.0 Å². The number of benzene rings is 9. The van der Waals surface area contributed by atoms with Gasteiger partial charge in [0.2, 0.25) is 0 Å². The van der Waals surface area contributed by atoms with E-state index in [2.05, 4.69) is 168 Å². The first-order valence-corrected chi connectivity index (χ1v) is 19.5. The third-order valence-electron chi connectivity index (χ3n) is 11.4. The fourth-order valence-corrected chi connectivity index (χ4v) is 8.67. The minimum Gasteiger partial charge on any atom is -0.455 e. The van der Waals surface area contributed by atoms with Crippen molar-refractivity contribution in [2.45, 2.75) is 0 Å². The summed E-state index contributed by atoms with van der Waals surface area (Å²) in [5, 5.41) is 9.31. The third kappa shape index (κ3) is 5.14. The van der Waals surface area contributed by atoms with Crippen molar-refractivity contribution in [3.63, 3.8) is 0 Å². The van der Waals surface area contributed by atoms with Crippen LogP contribution in [-0.2, 0) is 0 Å². The molecule has 0 saturated heterocycles. The monoisotopic (exact) mass is 740 g/mol. The first-order valence-electron chi connectivity index (χ1n) is 19.5. The van der Waals surface area contributed by atoms with Crippen LogP contribution >= 0.6 is 0 Å². The van der Waals surface area contributed by atoms with Gasteiger partial charge in [-0.3, -0.25) is 0 Å². The number of hydrogen-bond donors (Lipinski definition) is 0. The van der Waals surface area contributed by atoms with E-state index in [0.29, 0.717) is 17.5 Å². The fraction of sp³-hybridized carbons (Fsp3) is 0. The van der Waals surface area contributed by atoms with Gasteiger partial charge in [-0.2, -0.15) is 0 Å². The lowest BCUT2D eigenvalue weighted by molar-refractivity contribution is 0.670. The topological polar surface area (TPSA) is 56.7 Å². The van der Waals surface area contributed by atoms with Crippen LogP contribution in [0.3, 0.4) is 0 Å². The highest BCUT2D eigenvalue weighted by molar-refractivity contribution is 6.13. The van der Waals surface area contributed by atoms with Crippen LogP contribution in [0.1, 0.15) is 0 Å². The zero-order valence-corrected chi connectivity index (χ0v) is 31.2. The molecule has 0 amide bonds. The van der Waals surface area contributed by atoms with Crippen LogP contribution in [0.4, 0.5) is 0 Å². The quantitative estimate of drug-likeness (QED) is 0.165. The molecule has 0 saturated carbocycles. The number of para-hydroxylation sites is 2. The van der Waals surface area contributed by atoms with Crippen LogP contribution < -0.4 is 0 Å². The Morgan fingerprint density at radius 3 is 1.59 bits per heavy atom. The van der Waals surface area contributed by atoms with Gasteiger partial charge in [0.15, 0.2) is 17.5 Å². The van der Waals surface area contributed by atoms with Crippen molar-refractivity contribution >= 4 is 65.3 Å². The molecule has 3 aromatic heterocycles. The minimum atomic E-state index is 0.582. The van der Waals surface area contributed by atoms with Gasteiger partial charge in [-0.25, -0.2) is 15.0 Å². The van der Waals surface area contributed by atoms with E-state index in [0.717, 1.165) is 71.9 Å². The molecule has 58 heavy (non-hydrogen) atoms. The van der Waals surface area contributed by atoms with Gasteiger partial charge >= 0.3 is 0 Å². The van der Waals surface area contributed by atoms with Crippen molar-refractivity contribution < 1.29 is 4.42 Å². The lowest BCUT2D eigenvalue weighted by Crippen LogP contribution is -2.00. The van der Waals surface area contributed by atoms with Crippen LogP contribution in [0.15, 0.2) is 199 Å². The van der Waals surface area contributed by atoms with Gasteiger partial charge in [-0.15, -0.1) is 0 Å². The summed E-state index contributed by atoms with van der Waals surface area (Å²) < 4.78 is 9.25. The van der Waals surface area contributed by atoms with E-state index in [1.54, 1.807) is 0 Å². The molecule has 0 bridgehead atoms. The molecule has 0 spiro atoms. The summed E-state index contributed by atoms with van der Waals surface area (Å²) in [5.74, 6) is 1.82. The molecule has 5 heteroatoms. The molecule has 5 nitrogen and oxygen atoms in total. The fourth-order valence-electron chi connectivity index (χ4n) is 8.67. The van der Waals surface area contributed by atoms with Crippen molar-refractivity contribution in [3.05, 3.63) is 194 Å². The van der Waals surface area contributed by atoms with Crippen LogP contribution in [0, 0.1) is 0 Å². The number of fused-ring (bicyclic) bond motifs is 9. The number of furan rings is 1. The van der Waals surface area contributed by atoms with Gasteiger partial charge in [0, 0.05) is 49.5 Å². The van der Waals surface area contributed by atoms with Gasteiger partial charge in [0.1, 0.15) is 11.2 Å². The smallest absolute Gasteiger partial charge is 0.164 e. The summed E-state index contributed by atoms with van der Waals surface area (Å²) in [5.41, 5.74) is 9.84. The maximum Gasteiger partial charge on any atom is 0.164 e. The molecule has 3 heterocycles. The van der Waals surface area contributed by atoms with Crippen molar-refractivity contribution in [2.75, 3.05) is 0 Å². The molecule has 0 fully saturated rings. The predicted octanol–water partition coefficient (Wildman–Crippen LogP) is 13.8. The molecule has 0 unspecified atom stereocenters. The molecule has 12 aromatic rings. The Labute approximate surface area is 333 Å². The highest BCUT2D eigenvalue weighted by Crippen LogP contribution is 2.41. The lowest BCUT2D eigenvalue weighted by atomic mass is 10.00. The van der Waals surface area contributed by atoms with Gasteiger partial charge < -0.3 is 8.98 Å². The number of nitrogens with zero attached hydrogens (tertiary/aromatic N) is 4. The second-order valence-electron chi connectivity index (χ2n) is 14.8. The van der Waals surface area contributed by atoms with Crippen molar-refractivity contribution in [1.82, 2.24) is 19.5 Å². The van der Waals surface area contributed by atoms with E-state index < -0.39 is 0 Å². The highest BCUT2D eigenvalue weighted by Gasteiger charge is 2.20. The van der Waals surface area contributed by atoms with E-state index >= 15 is 0 Å². The van der Waals surface area contributed by atoms with Crippen LogP contribution in [-0.4, -0.2) is 19.5 Å². The summed E-state index contributed by atoms with van der Waals surface area (Å²) >= 11 is 0. The Bertz CT molecular complexity index is 3510. The Morgan fingerprint density at radius 2 is 0.879 bits per heavy atom. The summed E-state index contributed by atoms with van der Waals surface area (Å²) in [6, 6.07) is 68.0. The predicted molar refractivity (Wildman–Crippen MR) is 238 cm³/mol. The van der Waals surface area contributed by atoms with E-state index in [1.165, 1.54) is 26.9 Å². The Morgan fingerprint density at radius 1 is 0.345 bits per heavy atom. The van der Waals surface area contributed by atoms with Gasteiger partial charge in [-0.1, -0.05) is 152 Å². The highest BCUT2D eigenvalue weighted by atomic mass is 16.3. The lowest BCUT2D eigenvalue weighted by Gasteiger charge is -2.11. The first kappa shape index (κ1) is 32.4. The van der Waals surface area contributed by atoms with Crippen LogP contribution in [0.2, 0.25) is 0 Å². The van der Waals surface area contributed by atoms with E-state index in [1.807, 2.05) is 30.3 Å². The molecule has 0 aliphatic carbocycles. The number of aromatic nitrogens is 4. The Kier molecular flexibility index (Phi) is 7.16. The normalized spacial score (nSPS) is 11.8. The standard InChI is InChI=1S/C53H32N4O/c1-3-13-33(14-4-1)45-31-39(57-47-21-11-9-19-42(47)43-20-10-12-22-48(43)57)32-46-44-28-26-38(30-49(44)58-50(45)46)53-55-51(35-16-5-2-6-17-35)54-52(56-53)37-25-27-41-36(29-37)24-23-34-15-7-8-18-40(34)41/h1-32H. The maximum atomic E-state index is 6.88. The van der Waals surface area contributed by atoms with E-state index in [-0.39, 0.29) is 0 Å². The molecule has 0 aliphatic rings. The molecule has 0 atom stereocenters. The first-order chi connectivity index (χ1) is 28.7. The SMILES string of the molecule is c1ccc(-c2nc(-c3ccc4c(ccc5ccccc54)c3)nc(-c3ccc4c(c3)oc3c(-c5ccccc5)cc(-n5c6ccccc6c6ccccc65)cc34)n2)cc1. The molecule has 0 aliphatic heterocycles. The van der Waals surface area contributed by atoms with Crippen LogP contribution in [0.5, 0.6) is 0 Å². The molecule has 0 N–H and O–H groups in total. The molecule has 12 rings (SSSR count). The molecular formula is C53H32N4O. The summed E-state index contributed by atoms with van der Waals surface area (Å²) in [6.45, 7) is 0. The second kappa shape index (κ2) is 12.8. The largest absolute Gasteiger partial charge is 0.455 e. The third-order valence-corrected chi connectivity index (χ3v) is 11.4. The number of rotatable bonds is 5. The van der Waals surface area contributed by atoms with E-state index in [9.17, 15) is 0 Å². The molecule has 270 valence electrons. The Hall–Kier alpha value is -7.89. The molecule has 0 radical (unpaired) electrons. The number of hydrogen-bond acceptors (Lipinski definition) is 4. The molecule has 9 aromatic carbocycles. The van der Waals surface area contributed by atoms with E-state index in [4.69, 9.17) is 19.4 Å². The van der Waals surface area contributed by atoms with Crippen molar-refractivity contribution in [1.29, 1.82) is 0 Å². The summed E-state index contributed by atoms with van der Waals surface area (Å²) in [7, 11) is 0. The molecular weight excluding hydrogens is 709 g/mol. The zero-order valence-electron chi connectivity index (χ0n) is 31.2. The summed E-state index contributed by atoms with van der Waals surface area (Å²) in [4.78, 5) is 15.2. The maximum absolute atomic E-state index is 6.88. The van der Waals surface area contributed by atoms with Crippen molar-refractivity contribution in [3.8, 4) is 51.0 Å². The average molecular weight is 741 g/mol. The summed E-state index contributed by atoms with van der Waals surface area (Å²) in [6.07, 6.45) is 0. The van der Waals surface area contributed by atoms with Gasteiger partial charge in [-0.05, 0) is 69.6 Å². The van der Waals surface area contributed by atoms with Gasteiger partial charge in [0.25, 0.3) is 0 Å². The second-order valence-corrected chi connectivity index (χ2v) is 14.8. The Balaban J connectivity index is 1.05. The zero-order chi connectivity index (χ0) is 38.2.